The van der Waals surface area contributed by atoms with Crippen molar-refractivity contribution in [2.75, 3.05) is 18.0 Å². The fourth-order valence-electron chi connectivity index (χ4n) is 2.59. The summed E-state index contributed by atoms with van der Waals surface area (Å²) in [5, 5.41) is 12.1. The van der Waals surface area contributed by atoms with Gasteiger partial charge in [0.15, 0.2) is 5.13 Å². The van der Waals surface area contributed by atoms with Crippen LogP contribution in [0.15, 0.2) is 29.6 Å². The lowest BCUT2D eigenvalue weighted by molar-refractivity contribution is 0.0697. The Bertz CT molecular complexity index is 613. The summed E-state index contributed by atoms with van der Waals surface area (Å²) in [5.41, 5.74) is 2.20. The van der Waals surface area contributed by atoms with Crippen LogP contribution in [0.2, 0.25) is 0 Å². The molecule has 21 heavy (non-hydrogen) atoms. The number of carboxylic acid groups (broad SMARTS) is 1. The molecular formula is C16H18N2O2S. The van der Waals surface area contributed by atoms with E-state index in [-0.39, 0.29) is 0 Å². The summed E-state index contributed by atoms with van der Waals surface area (Å²) in [4.78, 5) is 18.0. The average molecular weight is 302 g/mol. The lowest BCUT2D eigenvalue weighted by Crippen LogP contribution is -2.23. The first-order valence-corrected chi connectivity index (χ1v) is 8.16. The number of nitrogens with zero attached hydrogens (tertiary/aromatic N) is 2. The Hall–Kier alpha value is -1.88. The molecule has 1 aliphatic rings. The van der Waals surface area contributed by atoms with Crippen molar-refractivity contribution >= 4 is 22.4 Å². The summed E-state index contributed by atoms with van der Waals surface area (Å²) in [7, 11) is 0. The third kappa shape index (κ3) is 3.24. The van der Waals surface area contributed by atoms with E-state index in [0.29, 0.717) is 5.56 Å². The summed E-state index contributed by atoms with van der Waals surface area (Å²) in [5.74, 6) is -0.898. The molecule has 0 aliphatic carbocycles. The number of benzene rings is 1. The largest absolute Gasteiger partial charge is 0.478 e. The van der Waals surface area contributed by atoms with Crippen LogP contribution >= 0.6 is 11.3 Å². The second-order valence-electron chi connectivity index (χ2n) is 5.30. The Kier molecular flexibility index (Phi) is 4.20. The molecule has 0 unspecified atom stereocenters. The molecule has 1 aromatic carbocycles. The first-order chi connectivity index (χ1) is 10.2. The standard InChI is InChI=1S/C16H18N2O2S/c19-15(20)13-7-5-12(6-8-13)14-11-21-16(17-14)18-9-3-1-2-4-10-18/h5-8,11H,1-4,9-10H2,(H,19,20). The molecule has 1 fully saturated rings. The molecule has 110 valence electrons. The van der Waals surface area contributed by atoms with Crippen molar-refractivity contribution in [3.05, 3.63) is 35.2 Å². The summed E-state index contributed by atoms with van der Waals surface area (Å²) in [6.07, 6.45) is 5.10. The zero-order valence-electron chi connectivity index (χ0n) is 11.8. The van der Waals surface area contributed by atoms with Crippen LogP contribution in [0.4, 0.5) is 5.13 Å². The van der Waals surface area contributed by atoms with Gasteiger partial charge >= 0.3 is 5.97 Å². The van der Waals surface area contributed by atoms with E-state index in [0.717, 1.165) is 29.5 Å². The van der Waals surface area contributed by atoms with Gasteiger partial charge in [0.2, 0.25) is 0 Å². The minimum Gasteiger partial charge on any atom is -0.478 e. The van der Waals surface area contributed by atoms with Gasteiger partial charge in [-0.1, -0.05) is 25.0 Å². The summed E-state index contributed by atoms with van der Waals surface area (Å²) in [6.45, 7) is 2.18. The van der Waals surface area contributed by atoms with Crippen LogP contribution < -0.4 is 4.90 Å². The first kappa shape index (κ1) is 14.1. The van der Waals surface area contributed by atoms with Crippen LogP contribution in [0.5, 0.6) is 0 Å². The molecule has 1 aromatic heterocycles. The minimum absolute atomic E-state index is 0.307. The number of hydrogen-bond donors (Lipinski definition) is 1. The van der Waals surface area contributed by atoms with Crippen molar-refractivity contribution in [2.45, 2.75) is 25.7 Å². The molecule has 2 heterocycles. The maximum absolute atomic E-state index is 10.9. The normalized spacial score (nSPS) is 15.7. The fourth-order valence-corrected chi connectivity index (χ4v) is 3.48. The number of hydrogen-bond acceptors (Lipinski definition) is 4. The number of aromatic carboxylic acids is 1. The lowest BCUT2D eigenvalue weighted by atomic mass is 10.1. The maximum Gasteiger partial charge on any atom is 0.335 e. The van der Waals surface area contributed by atoms with Crippen molar-refractivity contribution in [2.24, 2.45) is 0 Å². The number of anilines is 1. The second-order valence-corrected chi connectivity index (χ2v) is 6.14. The second kappa shape index (κ2) is 6.26. The maximum atomic E-state index is 10.9. The molecule has 1 N–H and O–H groups in total. The average Bonchev–Trinajstić information content (AvgIpc) is 2.83. The van der Waals surface area contributed by atoms with E-state index in [1.165, 1.54) is 25.7 Å². The zero-order chi connectivity index (χ0) is 14.7. The van der Waals surface area contributed by atoms with Gasteiger partial charge in [-0.15, -0.1) is 11.3 Å². The highest BCUT2D eigenvalue weighted by Gasteiger charge is 2.14. The quantitative estimate of drug-likeness (QED) is 0.934. The third-order valence-electron chi connectivity index (χ3n) is 3.80. The Morgan fingerprint density at radius 1 is 1.10 bits per heavy atom. The van der Waals surface area contributed by atoms with E-state index in [4.69, 9.17) is 10.1 Å². The molecule has 4 nitrogen and oxygen atoms in total. The number of aromatic nitrogens is 1. The number of rotatable bonds is 3. The van der Waals surface area contributed by atoms with E-state index < -0.39 is 5.97 Å². The highest BCUT2D eigenvalue weighted by Crippen LogP contribution is 2.29. The van der Waals surface area contributed by atoms with Crippen molar-refractivity contribution in [3.8, 4) is 11.3 Å². The number of carboxylic acids is 1. The minimum atomic E-state index is -0.898. The Labute approximate surface area is 128 Å². The summed E-state index contributed by atoms with van der Waals surface area (Å²) < 4.78 is 0. The van der Waals surface area contributed by atoms with Gasteiger partial charge < -0.3 is 10.0 Å². The van der Waals surface area contributed by atoms with Crippen LogP contribution in [0.25, 0.3) is 11.3 Å². The van der Waals surface area contributed by atoms with Crippen LogP contribution in [-0.2, 0) is 0 Å². The molecule has 2 aromatic rings. The summed E-state index contributed by atoms with van der Waals surface area (Å²) in [6, 6.07) is 6.90. The Morgan fingerprint density at radius 2 is 1.76 bits per heavy atom. The SMILES string of the molecule is O=C(O)c1ccc(-c2csc(N3CCCCCC3)n2)cc1. The molecule has 5 heteroatoms. The highest BCUT2D eigenvalue weighted by atomic mass is 32.1. The molecule has 1 aliphatic heterocycles. The van der Waals surface area contributed by atoms with Gasteiger partial charge in [0.05, 0.1) is 11.3 Å². The van der Waals surface area contributed by atoms with Gasteiger partial charge in [-0.3, -0.25) is 0 Å². The first-order valence-electron chi connectivity index (χ1n) is 7.28. The molecule has 0 amide bonds. The van der Waals surface area contributed by atoms with Crippen LogP contribution in [-0.4, -0.2) is 29.1 Å². The van der Waals surface area contributed by atoms with E-state index in [1.807, 2.05) is 12.1 Å². The third-order valence-corrected chi connectivity index (χ3v) is 4.70. The molecular weight excluding hydrogens is 284 g/mol. The van der Waals surface area contributed by atoms with Crippen LogP contribution in [0, 0.1) is 0 Å². The van der Waals surface area contributed by atoms with Gasteiger partial charge in [0, 0.05) is 24.0 Å². The molecule has 0 saturated carbocycles. The smallest absolute Gasteiger partial charge is 0.335 e. The van der Waals surface area contributed by atoms with E-state index in [2.05, 4.69) is 10.3 Å². The summed E-state index contributed by atoms with van der Waals surface area (Å²) >= 11 is 1.67. The number of thiazole rings is 1. The van der Waals surface area contributed by atoms with Crippen molar-refractivity contribution in [3.63, 3.8) is 0 Å². The molecule has 0 bridgehead atoms. The van der Waals surface area contributed by atoms with Crippen molar-refractivity contribution < 1.29 is 9.90 Å². The van der Waals surface area contributed by atoms with E-state index in [1.54, 1.807) is 23.5 Å². The predicted octanol–water partition coefficient (Wildman–Crippen LogP) is 3.89. The lowest BCUT2D eigenvalue weighted by Gasteiger charge is -2.18. The monoisotopic (exact) mass is 302 g/mol. The van der Waals surface area contributed by atoms with Crippen molar-refractivity contribution in [1.82, 2.24) is 4.98 Å². The molecule has 0 spiro atoms. The van der Waals surface area contributed by atoms with E-state index in [9.17, 15) is 4.79 Å². The van der Waals surface area contributed by atoms with Crippen molar-refractivity contribution in [1.29, 1.82) is 0 Å². The molecule has 0 radical (unpaired) electrons. The van der Waals surface area contributed by atoms with Gasteiger partial charge in [-0.2, -0.15) is 0 Å². The Morgan fingerprint density at radius 3 is 2.38 bits per heavy atom. The Balaban J connectivity index is 1.79. The number of carbonyl (C=O) groups is 1. The predicted molar refractivity (Wildman–Crippen MR) is 85.2 cm³/mol. The molecule has 3 rings (SSSR count). The topological polar surface area (TPSA) is 53.4 Å². The fraction of sp³-hybridized carbons (Fsp3) is 0.375. The van der Waals surface area contributed by atoms with Gasteiger partial charge in [0.1, 0.15) is 0 Å². The van der Waals surface area contributed by atoms with Crippen LogP contribution in [0.3, 0.4) is 0 Å². The van der Waals surface area contributed by atoms with Gasteiger partial charge in [-0.25, -0.2) is 9.78 Å². The highest BCUT2D eigenvalue weighted by molar-refractivity contribution is 7.14. The van der Waals surface area contributed by atoms with Gasteiger partial charge in [0.25, 0.3) is 0 Å². The van der Waals surface area contributed by atoms with Crippen LogP contribution in [0.1, 0.15) is 36.0 Å². The zero-order valence-corrected chi connectivity index (χ0v) is 12.6. The van der Waals surface area contributed by atoms with Gasteiger partial charge in [-0.05, 0) is 25.0 Å². The molecule has 1 saturated heterocycles. The van der Waals surface area contributed by atoms with E-state index >= 15 is 0 Å². The molecule has 0 atom stereocenters.